The Morgan fingerprint density at radius 1 is 1.29 bits per heavy atom. The lowest BCUT2D eigenvalue weighted by atomic mass is 10.1. The summed E-state index contributed by atoms with van der Waals surface area (Å²) in [7, 11) is 1.92. The summed E-state index contributed by atoms with van der Waals surface area (Å²) < 4.78 is 1.81. The molecule has 1 aromatic carbocycles. The minimum absolute atomic E-state index is 0.00956. The van der Waals surface area contributed by atoms with Crippen molar-refractivity contribution in [1.82, 2.24) is 19.6 Å². The van der Waals surface area contributed by atoms with Crippen LogP contribution in [0.2, 0.25) is 0 Å². The fourth-order valence-corrected chi connectivity index (χ4v) is 3.05. The van der Waals surface area contributed by atoms with Gasteiger partial charge in [0.1, 0.15) is 0 Å². The molecule has 6 heteroatoms. The normalized spacial score (nSPS) is 15.8. The van der Waals surface area contributed by atoms with Gasteiger partial charge in [0, 0.05) is 57.1 Å². The van der Waals surface area contributed by atoms with Crippen LogP contribution in [-0.4, -0.2) is 51.7 Å². The molecule has 1 aliphatic heterocycles. The molecule has 1 fully saturated rings. The van der Waals surface area contributed by atoms with Gasteiger partial charge in [-0.1, -0.05) is 6.07 Å². The van der Waals surface area contributed by atoms with E-state index in [2.05, 4.69) is 16.1 Å². The molecule has 0 N–H and O–H groups in total. The number of aryl methyl sites for hydroxylation is 1. The van der Waals surface area contributed by atoms with Crippen LogP contribution in [0.15, 0.2) is 36.7 Å². The number of nitriles is 1. The first-order valence-corrected chi connectivity index (χ1v) is 8.15. The van der Waals surface area contributed by atoms with Crippen molar-refractivity contribution in [2.24, 2.45) is 7.05 Å². The van der Waals surface area contributed by atoms with Gasteiger partial charge in [0.2, 0.25) is 0 Å². The third-order valence-corrected chi connectivity index (χ3v) is 4.28. The molecule has 24 heavy (non-hydrogen) atoms. The second-order valence-corrected chi connectivity index (χ2v) is 6.14. The third-order valence-electron chi connectivity index (χ3n) is 4.28. The molecule has 6 nitrogen and oxygen atoms in total. The quantitative estimate of drug-likeness (QED) is 0.861. The van der Waals surface area contributed by atoms with Crippen LogP contribution in [0.5, 0.6) is 0 Å². The molecule has 2 aromatic rings. The standard InChI is InChI=1S/C18H21N5O/c1-21-13-16(12-20-21)14-22-6-3-7-23(9-8-22)18(24)17-5-2-4-15(10-17)11-19/h2,4-5,10,12-13H,3,6-9,14H2,1H3. The molecule has 2 heterocycles. The maximum Gasteiger partial charge on any atom is 0.253 e. The van der Waals surface area contributed by atoms with Gasteiger partial charge in [-0.05, 0) is 24.6 Å². The average molecular weight is 323 g/mol. The molecule has 0 bridgehead atoms. The smallest absolute Gasteiger partial charge is 0.253 e. The fraction of sp³-hybridized carbons (Fsp3) is 0.389. The highest BCUT2D eigenvalue weighted by atomic mass is 16.2. The lowest BCUT2D eigenvalue weighted by Gasteiger charge is -2.21. The van der Waals surface area contributed by atoms with Crippen molar-refractivity contribution in [2.45, 2.75) is 13.0 Å². The summed E-state index contributed by atoms with van der Waals surface area (Å²) in [6.07, 6.45) is 4.87. The lowest BCUT2D eigenvalue weighted by molar-refractivity contribution is 0.0761. The fourth-order valence-electron chi connectivity index (χ4n) is 3.05. The number of hydrogen-bond acceptors (Lipinski definition) is 4. The van der Waals surface area contributed by atoms with Gasteiger partial charge in [0.05, 0.1) is 17.8 Å². The number of hydrogen-bond donors (Lipinski definition) is 0. The van der Waals surface area contributed by atoms with E-state index in [0.717, 1.165) is 32.6 Å². The minimum Gasteiger partial charge on any atom is -0.337 e. The second-order valence-electron chi connectivity index (χ2n) is 6.14. The topological polar surface area (TPSA) is 65.2 Å². The van der Waals surface area contributed by atoms with Gasteiger partial charge in [0.25, 0.3) is 5.91 Å². The van der Waals surface area contributed by atoms with Crippen LogP contribution in [0.3, 0.4) is 0 Å². The Bertz CT molecular complexity index is 761. The van der Waals surface area contributed by atoms with Crippen LogP contribution in [0.1, 0.15) is 27.9 Å². The van der Waals surface area contributed by atoms with Gasteiger partial charge in [-0.3, -0.25) is 14.4 Å². The van der Waals surface area contributed by atoms with Crippen LogP contribution >= 0.6 is 0 Å². The zero-order valence-corrected chi connectivity index (χ0v) is 13.9. The van der Waals surface area contributed by atoms with Gasteiger partial charge in [-0.2, -0.15) is 10.4 Å². The molecule has 0 spiro atoms. The number of amides is 1. The molecular weight excluding hydrogens is 302 g/mol. The van der Waals surface area contributed by atoms with E-state index in [0.29, 0.717) is 17.7 Å². The highest BCUT2D eigenvalue weighted by Gasteiger charge is 2.20. The maximum absolute atomic E-state index is 12.7. The summed E-state index contributed by atoms with van der Waals surface area (Å²) in [5, 5.41) is 13.2. The summed E-state index contributed by atoms with van der Waals surface area (Å²) in [5.74, 6) is 0.00956. The Balaban J connectivity index is 1.62. The van der Waals surface area contributed by atoms with Gasteiger partial charge in [-0.15, -0.1) is 0 Å². The maximum atomic E-state index is 12.7. The van der Waals surface area contributed by atoms with Crippen molar-refractivity contribution in [3.05, 3.63) is 53.3 Å². The van der Waals surface area contributed by atoms with Crippen LogP contribution in [0.4, 0.5) is 0 Å². The van der Waals surface area contributed by atoms with Crippen LogP contribution in [0.25, 0.3) is 0 Å². The van der Waals surface area contributed by atoms with E-state index < -0.39 is 0 Å². The minimum atomic E-state index is 0.00956. The Morgan fingerprint density at radius 3 is 2.92 bits per heavy atom. The summed E-state index contributed by atoms with van der Waals surface area (Å²) in [6, 6.07) is 9.01. The summed E-state index contributed by atoms with van der Waals surface area (Å²) in [6.45, 7) is 4.13. The number of nitrogens with zero attached hydrogens (tertiary/aromatic N) is 5. The predicted octanol–water partition coefficient (Wildman–Crippen LogP) is 1.64. The first kappa shape index (κ1) is 16.2. The van der Waals surface area contributed by atoms with Crippen molar-refractivity contribution < 1.29 is 4.79 Å². The number of carbonyl (C=O) groups is 1. The molecule has 1 aromatic heterocycles. The van der Waals surface area contributed by atoms with E-state index in [1.165, 1.54) is 5.56 Å². The first-order valence-electron chi connectivity index (χ1n) is 8.15. The molecule has 1 saturated heterocycles. The molecule has 3 rings (SSSR count). The number of carbonyl (C=O) groups excluding carboxylic acids is 1. The molecular formula is C18H21N5O. The molecule has 1 aliphatic rings. The molecule has 0 radical (unpaired) electrons. The highest BCUT2D eigenvalue weighted by Crippen LogP contribution is 2.12. The number of rotatable bonds is 3. The van der Waals surface area contributed by atoms with Crippen molar-refractivity contribution in [1.29, 1.82) is 5.26 Å². The van der Waals surface area contributed by atoms with E-state index in [1.807, 2.05) is 29.0 Å². The highest BCUT2D eigenvalue weighted by molar-refractivity contribution is 5.94. The molecule has 1 amide bonds. The number of benzene rings is 1. The van der Waals surface area contributed by atoms with Crippen LogP contribution in [0, 0.1) is 11.3 Å². The van der Waals surface area contributed by atoms with E-state index in [9.17, 15) is 4.79 Å². The van der Waals surface area contributed by atoms with Crippen molar-refractivity contribution >= 4 is 5.91 Å². The Kier molecular flexibility index (Phi) is 4.92. The molecule has 0 saturated carbocycles. The monoisotopic (exact) mass is 323 g/mol. The number of aromatic nitrogens is 2. The van der Waals surface area contributed by atoms with Crippen molar-refractivity contribution in [2.75, 3.05) is 26.2 Å². The van der Waals surface area contributed by atoms with E-state index >= 15 is 0 Å². The third kappa shape index (κ3) is 3.81. The van der Waals surface area contributed by atoms with E-state index in [-0.39, 0.29) is 5.91 Å². The molecule has 124 valence electrons. The Labute approximate surface area is 141 Å². The lowest BCUT2D eigenvalue weighted by Crippen LogP contribution is -2.35. The largest absolute Gasteiger partial charge is 0.337 e. The predicted molar refractivity (Wildman–Crippen MR) is 90.2 cm³/mol. The molecule has 0 unspecified atom stereocenters. The Morgan fingerprint density at radius 2 is 2.17 bits per heavy atom. The SMILES string of the molecule is Cn1cc(CN2CCCN(C(=O)c3cccc(C#N)c3)CC2)cn1. The zero-order chi connectivity index (χ0) is 16.9. The Hall–Kier alpha value is -2.65. The van der Waals surface area contributed by atoms with Crippen LogP contribution < -0.4 is 0 Å². The summed E-state index contributed by atoms with van der Waals surface area (Å²) in [5.41, 5.74) is 2.31. The van der Waals surface area contributed by atoms with Gasteiger partial charge in [-0.25, -0.2) is 0 Å². The second kappa shape index (κ2) is 7.28. The van der Waals surface area contributed by atoms with E-state index in [1.54, 1.807) is 24.3 Å². The van der Waals surface area contributed by atoms with Gasteiger partial charge >= 0.3 is 0 Å². The van der Waals surface area contributed by atoms with Gasteiger partial charge < -0.3 is 4.90 Å². The van der Waals surface area contributed by atoms with Crippen LogP contribution in [-0.2, 0) is 13.6 Å². The van der Waals surface area contributed by atoms with Crippen molar-refractivity contribution in [3.63, 3.8) is 0 Å². The zero-order valence-electron chi connectivity index (χ0n) is 13.9. The van der Waals surface area contributed by atoms with E-state index in [4.69, 9.17) is 5.26 Å². The van der Waals surface area contributed by atoms with Crippen molar-refractivity contribution in [3.8, 4) is 6.07 Å². The molecule has 0 aliphatic carbocycles. The van der Waals surface area contributed by atoms with Gasteiger partial charge in [0.15, 0.2) is 0 Å². The first-order chi connectivity index (χ1) is 11.7. The molecule has 0 atom stereocenters. The summed E-state index contributed by atoms with van der Waals surface area (Å²) in [4.78, 5) is 16.9. The average Bonchev–Trinajstić information content (AvgIpc) is 2.87. The summed E-state index contributed by atoms with van der Waals surface area (Å²) >= 11 is 0.